The highest BCUT2D eigenvalue weighted by Crippen LogP contribution is 2.27. The second-order valence-corrected chi connectivity index (χ2v) is 4.38. The van der Waals surface area contributed by atoms with Gasteiger partial charge >= 0.3 is 5.69 Å². The van der Waals surface area contributed by atoms with Crippen LogP contribution in [-0.4, -0.2) is 46.6 Å². The molecule has 102 valence electrons. The first-order chi connectivity index (χ1) is 9.00. The summed E-state index contributed by atoms with van der Waals surface area (Å²) in [4.78, 5) is 23.9. The van der Waals surface area contributed by atoms with E-state index in [0.29, 0.717) is 19.8 Å². The average molecular weight is 266 g/mol. The van der Waals surface area contributed by atoms with Gasteiger partial charge in [0.15, 0.2) is 5.75 Å². The quantitative estimate of drug-likeness (QED) is 0.640. The molecular formula is C12H14N2O5. The maximum atomic E-state index is 12.3. The van der Waals surface area contributed by atoms with E-state index in [0.717, 1.165) is 12.1 Å². The lowest BCUT2D eigenvalue weighted by atomic mass is 10.1. The van der Waals surface area contributed by atoms with Gasteiger partial charge in [-0.2, -0.15) is 0 Å². The number of carbonyl (C=O) groups is 1. The van der Waals surface area contributed by atoms with E-state index < -0.39 is 16.4 Å². The van der Waals surface area contributed by atoms with Crippen LogP contribution in [-0.2, 0) is 4.74 Å². The van der Waals surface area contributed by atoms with Crippen LogP contribution in [0.5, 0.6) is 5.75 Å². The number of carbonyl (C=O) groups excluding carboxylic acids is 1. The molecule has 1 N–H and O–H groups in total. The number of phenolic OH excluding ortho intramolecular Hbond substituents is 1. The fourth-order valence-corrected chi connectivity index (χ4v) is 2.00. The van der Waals surface area contributed by atoms with E-state index in [1.807, 2.05) is 6.92 Å². The van der Waals surface area contributed by atoms with Gasteiger partial charge in [-0.05, 0) is 19.1 Å². The molecule has 1 heterocycles. The van der Waals surface area contributed by atoms with Crippen LogP contribution in [0.15, 0.2) is 18.2 Å². The highest BCUT2D eigenvalue weighted by Gasteiger charge is 2.26. The van der Waals surface area contributed by atoms with Gasteiger partial charge in [0.05, 0.1) is 24.2 Å². The van der Waals surface area contributed by atoms with Crippen molar-refractivity contribution in [2.45, 2.75) is 13.0 Å². The monoisotopic (exact) mass is 266 g/mol. The number of hydrogen-bond acceptors (Lipinski definition) is 5. The summed E-state index contributed by atoms with van der Waals surface area (Å²) in [6, 6.07) is 3.57. The van der Waals surface area contributed by atoms with Gasteiger partial charge in [0.2, 0.25) is 0 Å². The first-order valence-corrected chi connectivity index (χ1v) is 5.87. The minimum atomic E-state index is -0.713. The maximum Gasteiger partial charge on any atom is 0.311 e. The number of rotatable bonds is 2. The van der Waals surface area contributed by atoms with Crippen molar-refractivity contribution in [1.29, 1.82) is 0 Å². The van der Waals surface area contributed by atoms with E-state index in [-0.39, 0.29) is 17.5 Å². The summed E-state index contributed by atoms with van der Waals surface area (Å²) in [5.41, 5.74) is -0.273. The van der Waals surface area contributed by atoms with Crippen LogP contribution < -0.4 is 0 Å². The van der Waals surface area contributed by atoms with Crippen LogP contribution in [0.1, 0.15) is 17.3 Å². The number of phenols is 1. The molecule has 2 rings (SSSR count). The Kier molecular flexibility index (Phi) is 3.66. The van der Waals surface area contributed by atoms with Gasteiger partial charge < -0.3 is 14.7 Å². The molecule has 1 aliphatic heterocycles. The number of aromatic hydroxyl groups is 1. The van der Waals surface area contributed by atoms with Crippen molar-refractivity contribution < 1.29 is 19.6 Å². The summed E-state index contributed by atoms with van der Waals surface area (Å²) in [7, 11) is 0. The average Bonchev–Trinajstić information content (AvgIpc) is 2.38. The number of nitrogens with zero attached hydrogens (tertiary/aromatic N) is 2. The highest BCUT2D eigenvalue weighted by molar-refractivity contribution is 5.95. The number of benzene rings is 1. The SMILES string of the molecule is CC1COCCN1C(=O)c1ccc(O)c([N+](=O)[O-])c1. The summed E-state index contributed by atoms with van der Waals surface area (Å²) < 4.78 is 5.24. The van der Waals surface area contributed by atoms with Crippen LogP contribution in [0.3, 0.4) is 0 Å². The Morgan fingerprint density at radius 3 is 2.95 bits per heavy atom. The summed E-state index contributed by atoms with van der Waals surface area (Å²) in [5, 5.41) is 20.1. The minimum Gasteiger partial charge on any atom is -0.502 e. The second-order valence-electron chi connectivity index (χ2n) is 4.38. The zero-order chi connectivity index (χ0) is 14.0. The van der Waals surface area contributed by atoms with Gasteiger partial charge in [0.25, 0.3) is 5.91 Å². The standard InChI is InChI=1S/C12H14N2O5/c1-8-7-19-5-4-13(8)12(16)9-2-3-11(15)10(6-9)14(17)18/h2-3,6,8,15H,4-5,7H2,1H3. The molecule has 7 heteroatoms. The predicted molar refractivity (Wildman–Crippen MR) is 66.1 cm³/mol. The van der Waals surface area contributed by atoms with Crippen LogP contribution in [0.2, 0.25) is 0 Å². The number of hydrogen-bond donors (Lipinski definition) is 1. The summed E-state index contributed by atoms with van der Waals surface area (Å²) in [6.07, 6.45) is 0. The maximum absolute atomic E-state index is 12.3. The van der Waals surface area contributed by atoms with Crippen molar-refractivity contribution >= 4 is 11.6 Å². The minimum absolute atomic E-state index is 0.0749. The van der Waals surface area contributed by atoms with Gasteiger partial charge in [0.1, 0.15) is 0 Å². The molecule has 0 aromatic heterocycles. The highest BCUT2D eigenvalue weighted by atomic mass is 16.6. The largest absolute Gasteiger partial charge is 0.502 e. The predicted octanol–water partition coefficient (Wildman–Crippen LogP) is 1.16. The van der Waals surface area contributed by atoms with Crippen molar-refractivity contribution in [3.05, 3.63) is 33.9 Å². The molecule has 1 atom stereocenters. The van der Waals surface area contributed by atoms with E-state index in [1.165, 1.54) is 6.07 Å². The number of morpholine rings is 1. The third kappa shape index (κ3) is 2.65. The van der Waals surface area contributed by atoms with Crippen molar-refractivity contribution in [2.24, 2.45) is 0 Å². The smallest absolute Gasteiger partial charge is 0.311 e. The number of nitro groups is 1. The van der Waals surface area contributed by atoms with Crippen molar-refractivity contribution in [1.82, 2.24) is 4.90 Å². The molecule has 1 saturated heterocycles. The van der Waals surface area contributed by atoms with Crippen molar-refractivity contribution in [3.63, 3.8) is 0 Å². The topological polar surface area (TPSA) is 92.9 Å². The Morgan fingerprint density at radius 2 is 2.32 bits per heavy atom. The molecule has 0 radical (unpaired) electrons. The first kappa shape index (κ1) is 13.3. The lowest BCUT2D eigenvalue weighted by Gasteiger charge is -2.33. The Labute approximate surface area is 109 Å². The molecule has 7 nitrogen and oxygen atoms in total. The number of amides is 1. The molecule has 19 heavy (non-hydrogen) atoms. The first-order valence-electron chi connectivity index (χ1n) is 5.87. The second kappa shape index (κ2) is 5.23. The van der Waals surface area contributed by atoms with E-state index >= 15 is 0 Å². The Morgan fingerprint density at radius 1 is 1.58 bits per heavy atom. The summed E-state index contributed by atoms with van der Waals surface area (Å²) >= 11 is 0. The molecule has 1 aliphatic rings. The molecule has 1 aromatic rings. The van der Waals surface area contributed by atoms with Gasteiger partial charge in [0, 0.05) is 18.2 Å². The zero-order valence-corrected chi connectivity index (χ0v) is 10.4. The summed E-state index contributed by atoms with van der Waals surface area (Å²) in [5.74, 6) is -0.740. The molecule has 0 saturated carbocycles. The van der Waals surface area contributed by atoms with Crippen molar-refractivity contribution in [3.8, 4) is 5.75 Å². The summed E-state index contributed by atoms with van der Waals surface area (Å²) in [6.45, 7) is 3.21. The Balaban J connectivity index is 2.28. The zero-order valence-electron chi connectivity index (χ0n) is 10.4. The Hall–Kier alpha value is -2.15. The third-order valence-corrected chi connectivity index (χ3v) is 3.05. The lowest BCUT2D eigenvalue weighted by molar-refractivity contribution is -0.385. The molecule has 1 amide bonds. The van der Waals surface area contributed by atoms with Crippen molar-refractivity contribution in [2.75, 3.05) is 19.8 Å². The fourth-order valence-electron chi connectivity index (χ4n) is 2.00. The van der Waals surface area contributed by atoms with Gasteiger partial charge in [-0.1, -0.05) is 0 Å². The van der Waals surface area contributed by atoms with Gasteiger partial charge in [-0.15, -0.1) is 0 Å². The van der Waals surface area contributed by atoms with Gasteiger partial charge in [-0.3, -0.25) is 14.9 Å². The number of ether oxygens (including phenoxy) is 1. The molecule has 0 spiro atoms. The van der Waals surface area contributed by atoms with E-state index in [2.05, 4.69) is 0 Å². The Bertz CT molecular complexity index is 517. The normalized spacial score (nSPS) is 19.2. The van der Waals surface area contributed by atoms with Crippen LogP contribution in [0.4, 0.5) is 5.69 Å². The lowest BCUT2D eigenvalue weighted by Crippen LogP contribution is -2.47. The molecule has 1 unspecified atom stereocenters. The van der Waals surface area contributed by atoms with Gasteiger partial charge in [-0.25, -0.2) is 0 Å². The fraction of sp³-hybridized carbons (Fsp3) is 0.417. The van der Waals surface area contributed by atoms with E-state index in [4.69, 9.17) is 4.74 Å². The third-order valence-electron chi connectivity index (χ3n) is 3.05. The van der Waals surface area contributed by atoms with E-state index in [1.54, 1.807) is 4.90 Å². The molecule has 0 bridgehead atoms. The van der Waals surface area contributed by atoms with Crippen LogP contribution in [0, 0.1) is 10.1 Å². The van der Waals surface area contributed by atoms with Crippen LogP contribution in [0.25, 0.3) is 0 Å². The molecular weight excluding hydrogens is 252 g/mol. The number of nitro benzene ring substituents is 1. The molecule has 0 aliphatic carbocycles. The van der Waals surface area contributed by atoms with E-state index in [9.17, 15) is 20.0 Å². The molecule has 1 aromatic carbocycles. The molecule has 1 fully saturated rings. The van der Waals surface area contributed by atoms with Crippen LogP contribution >= 0.6 is 0 Å².